The van der Waals surface area contributed by atoms with E-state index in [0.717, 1.165) is 30.1 Å². The fourth-order valence-electron chi connectivity index (χ4n) is 2.66. The summed E-state index contributed by atoms with van der Waals surface area (Å²) in [5, 5.41) is 6.87. The van der Waals surface area contributed by atoms with Gasteiger partial charge in [-0.1, -0.05) is 17.3 Å². The molecule has 0 aliphatic rings. The monoisotopic (exact) mass is 359 g/mol. The number of benzene rings is 1. The Kier molecular flexibility index (Phi) is 6.42. The van der Waals surface area contributed by atoms with E-state index in [1.54, 1.807) is 0 Å². The van der Waals surface area contributed by atoms with Crippen LogP contribution in [0.25, 0.3) is 0 Å². The Morgan fingerprint density at radius 3 is 2.38 bits per heavy atom. The number of nitrogens with one attached hydrogen (secondary N) is 1. The van der Waals surface area contributed by atoms with Crippen molar-refractivity contribution < 1.29 is 14.1 Å². The van der Waals surface area contributed by atoms with Crippen LogP contribution in [0.4, 0.5) is 0 Å². The molecular formula is C20H29N3O3. The van der Waals surface area contributed by atoms with Crippen LogP contribution in [-0.4, -0.2) is 35.2 Å². The van der Waals surface area contributed by atoms with Gasteiger partial charge in [0.1, 0.15) is 11.5 Å². The van der Waals surface area contributed by atoms with Gasteiger partial charge < -0.3 is 14.6 Å². The molecule has 0 unspecified atom stereocenters. The van der Waals surface area contributed by atoms with E-state index in [-0.39, 0.29) is 18.1 Å². The second-order valence-electron chi connectivity index (χ2n) is 7.71. The fraction of sp³-hybridized carbons (Fsp3) is 0.500. The largest absolute Gasteiger partial charge is 0.484 e. The van der Waals surface area contributed by atoms with Crippen LogP contribution in [0, 0.1) is 13.8 Å². The average molecular weight is 359 g/mol. The van der Waals surface area contributed by atoms with Gasteiger partial charge in [0.05, 0.1) is 5.69 Å². The van der Waals surface area contributed by atoms with E-state index in [0.29, 0.717) is 5.75 Å². The van der Waals surface area contributed by atoms with Gasteiger partial charge in [-0.3, -0.25) is 9.69 Å². The molecule has 0 aliphatic heterocycles. The minimum Gasteiger partial charge on any atom is -0.484 e. The number of rotatable bonds is 7. The van der Waals surface area contributed by atoms with Gasteiger partial charge in [-0.25, -0.2) is 0 Å². The van der Waals surface area contributed by atoms with E-state index >= 15 is 0 Å². The van der Waals surface area contributed by atoms with Crippen LogP contribution in [0.5, 0.6) is 5.75 Å². The zero-order valence-electron chi connectivity index (χ0n) is 16.5. The molecule has 0 bridgehead atoms. The van der Waals surface area contributed by atoms with E-state index in [9.17, 15) is 4.79 Å². The third-order valence-electron chi connectivity index (χ3n) is 3.87. The highest BCUT2D eigenvalue weighted by Gasteiger charge is 2.14. The minimum atomic E-state index is -0.254. The van der Waals surface area contributed by atoms with Crippen molar-refractivity contribution in [2.45, 2.75) is 53.2 Å². The van der Waals surface area contributed by atoms with E-state index < -0.39 is 0 Å². The lowest BCUT2D eigenvalue weighted by molar-refractivity contribution is -0.124. The summed E-state index contributed by atoms with van der Waals surface area (Å²) in [6.45, 7) is 11.3. The number of aromatic nitrogens is 1. The number of carbonyl (C=O) groups is 1. The summed E-state index contributed by atoms with van der Waals surface area (Å²) >= 11 is 0. The second-order valence-corrected chi connectivity index (χ2v) is 7.71. The zero-order valence-corrected chi connectivity index (χ0v) is 16.5. The first-order valence-corrected chi connectivity index (χ1v) is 8.77. The predicted molar refractivity (Wildman–Crippen MR) is 101 cm³/mol. The standard InChI is InChI=1S/C20H29N3O3/c1-14-18(15(2)26-22-14)12-23(6)11-16-7-9-17(10-8-16)25-13-19(24)21-20(3,4)5/h7-10H,11-13H2,1-6H3,(H,21,24). The number of nitrogens with zero attached hydrogens (tertiary/aromatic N) is 2. The lowest BCUT2D eigenvalue weighted by atomic mass is 10.1. The normalized spacial score (nSPS) is 11.7. The van der Waals surface area contributed by atoms with E-state index in [1.165, 1.54) is 5.56 Å². The first-order chi connectivity index (χ1) is 12.1. The van der Waals surface area contributed by atoms with E-state index in [4.69, 9.17) is 9.26 Å². The minimum absolute atomic E-state index is 0.0164. The van der Waals surface area contributed by atoms with Crippen molar-refractivity contribution in [3.63, 3.8) is 0 Å². The summed E-state index contributed by atoms with van der Waals surface area (Å²) in [5.74, 6) is 1.43. The molecule has 2 aromatic rings. The Morgan fingerprint density at radius 1 is 1.19 bits per heavy atom. The first kappa shape index (κ1) is 20.0. The molecule has 6 heteroatoms. The molecule has 0 saturated heterocycles. The van der Waals surface area contributed by atoms with Crippen LogP contribution >= 0.6 is 0 Å². The highest BCUT2D eigenvalue weighted by molar-refractivity contribution is 5.78. The Balaban J connectivity index is 1.84. The molecule has 1 N–H and O–H groups in total. The number of carbonyl (C=O) groups excluding carboxylic acids is 1. The Morgan fingerprint density at radius 2 is 1.85 bits per heavy atom. The van der Waals surface area contributed by atoms with Crippen molar-refractivity contribution in [1.82, 2.24) is 15.4 Å². The van der Waals surface area contributed by atoms with Gasteiger partial charge in [0.25, 0.3) is 5.91 Å². The number of hydrogen-bond acceptors (Lipinski definition) is 5. The molecule has 0 saturated carbocycles. The molecule has 0 radical (unpaired) electrons. The molecular weight excluding hydrogens is 330 g/mol. The van der Waals surface area contributed by atoms with Gasteiger partial charge >= 0.3 is 0 Å². The molecule has 1 amide bonds. The molecule has 142 valence electrons. The summed E-state index contributed by atoms with van der Waals surface area (Å²) in [4.78, 5) is 14.0. The Hall–Kier alpha value is -2.34. The summed E-state index contributed by atoms with van der Waals surface area (Å²) in [6, 6.07) is 7.81. The average Bonchev–Trinajstić information content (AvgIpc) is 2.84. The molecule has 1 aromatic heterocycles. The quantitative estimate of drug-likeness (QED) is 0.822. The van der Waals surface area contributed by atoms with Gasteiger partial charge in [0, 0.05) is 24.2 Å². The highest BCUT2D eigenvalue weighted by atomic mass is 16.5. The fourth-order valence-corrected chi connectivity index (χ4v) is 2.66. The highest BCUT2D eigenvalue weighted by Crippen LogP contribution is 2.17. The molecule has 6 nitrogen and oxygen atoms in total. The topological polar surface area (TPSA) is 67.6 Å². The number of ether oxygens (including phenoxy) is 1. The van der Waals surface area contributed by atoms with Crippen molar-refractivity contribution in [2.24, 2.45) is 0 Å². The molecule has 1 heterocycles. The lowest BCUT2D eigenvalue weighted by Crippen LogP contribution is -2.43. The van der Waals surface area contributed by atoms with E-state index in [2.05, 4.69) is 22.4 Å². The van der Waals surface area contributed by atoms with Gasteiger partial charge in [0.15, 0.2) is 6.61 Å². The Bertz CT molecular complexity index is 710. The van der Waals surface area contributed by atoms with Gasteiger partial charge in [-0.05, 0) is 59.4 Å². The van der Waals surface area contributed by atoms with Crippen molar-refractivity contribution in [3.05, 3.63) is 46.8 Å². The van der Waals surface area contributed by atoms with Crippen LogP contribution in [0.3, 0.4) is 0 Å². The van der Waals surface area contributed by atoms with Crippen LogP contribution < -0.4 is 10.1 Å². The second kappa shape index (κ2) is 8.36. The molecule has 2 rings (SSSR count). The third-order valence-corrected chi connectivity index (χ3v) is 3.87. The summed E-state index contributed by atoms with van der Waals surface area (Å²) in [5.41, 5.74) is 2.99. The van der Waals surface area contributed by atoms with Gasteiger partial charge in [-0.2, -0.15) is 0 Å². The Labute approximate surface area is 155 Å². The SMILES string of the molecule is Cc1noc(C)c1CN(C)Cc1ccc(OCC(=O)NC(C)(C)C)cc1. The first-order valence-electron chi connectivity index (χ1n) is 8.77. The predicted octanol–water partition coefficient (Wildman–Crippen LogP) is 3.22. The van der Waals surface area contributed by atoms with Crippen LogP contribution in [-0.2, 0) is 17.9 Å². The van der Waals surface area contributed by atoms with Crippen molar-refractivity contribution in [2.75, 3.05) is 13.7 Å². The number of aryl methyl sites for hydroxylation is 2. The molecule has 0 atom stereocenters. The van der Waals surface area contributed by atoms with Crippen LogP contribution in [0.2, 0.25) is 0 Å². The van der Waals surface area contributed by atoms with Crippen molar-refractivity contribution in [1.29, 1.82) is 0 Å². The van der Waals surface area contributed by atoms with Crippen LogP contribution in [0.1, 0.15) is 43.4 Å². The maximum atomic E-state index is 11.8. The summed E-state index contributed by atoms with van der Waals surface area (Å²) in [6.07, 6.45) is 0. The molecule has 0 spiro atoms. The van der Waals surface area contributed by atoms with E-state index in [1.807, 2.05) is 58.9 Å². The third kappa shape index (κ3) is 6.19. The van der Waals surface area contributed by atoms with Gasteiger partial charge in [-0.15, -0.1) is 0 Å². The van der Waals surface area contributed by atoms with Gasteiger partial charge in [0.2, 0.25) is 0 Å². The number of hydrogen-bond donors (Lipinski definition) is 1. The van der Waals surface area contributed by atoms with Crippen LogP contribution in [0.15, 0.2) is 28.8 Å². The maximum Gasteiger partial charge on any atom is 0.258 e. The van der Waals surface area contributed by atoms with Crippen molar-refractivity contribution >= 4 is 5.91 Å². The summed E-state index contributed by atoms with van der Waals surface area (Å²) < 4.78 is 10.8. The smallest absolute Gasteiger partial charge is 0.258 e. The van der Waals surface area contributed by atoms with Crippen molar-refractivity contribution in [3.8, 4) is 5.75 Å². The number of amides is 1. The molecule has 0 fully saturated rings. The molecule has 1 aromatic carbocycles. The molecule has 0 aliphatic carbocycles. The molecule has 26 heavy (non-hydrogen) atoms. The summed E-state index contributed by atoms with van der Waals surface area (Å²) in [7, 11) is 2.06. The lowest BCUT2D eigenvalue weighted by Gasteiger charge is -2.20. The maximum absolute atomic E-state index is 11.8. The zero-order chi connectivity index (χ0) is 19.3.